The number of nitrogens with zero attached hydrogens (tertiary/aromatic N) is 4. The number of benzene rings is 1. The summed E-state index contributed by atoms with van der Waals surface area (Å²) in [5.74, 6) is -0.155. The number of aromatic amines is 1. The van der Waals surface area contributed by atoms with Crippen molar-refractivity contribution >= 4 is 23.4 Å². The molecule has 1 aromatic carbocycles. The van der Waals surface area contributed by atoms with E-state index in [9.17, 15) is 14.7 Å². The number of aryl methyl sites for hydroxylation is 2. The van der Waals surface area contributed by atoms with Gasteiger partial charge in [0, 0.05) is 54.8 Å². The molecule has 0 spiro atoms. The SMILES string of the molecule is Cc1nc(C)c(-c2ccc3c(c2)CCN(c2cc(=O)[nH]c(N)n2)C3)c(N2CCC(C)(C)CC2)c1CC(=O)O. The number of aromatic nitrogens is 3. The number of nitrogens with two attached hydrogens (primary N) is 1. The first-order valence-electron chi connectivity index (χ1n) is 13.2. The maximum Gasteiger partial charge on any atom is 0.307 e. The number of carboxylic acids is 1. The van der Waals surface area contributed by atoms with Gasteiger partial charge in [-0.1, -0.05) is 32.0 Å². The van der Waals surface area contributed by atoms with Crippen LogP contribution in [0.15, 0.2) is 29.1 Å². The molecule has 9 nitrogen and oxygen atoms in total. The number of hydrogen-bond acceptors (Lipinski definition) is 7. The lowest BCUT2D eigenvalue weighted by molar-refractivity contribution is -0.136. The highest BCUT2D eigenvalue weighted by Gasteiger charge is 2.30. The van der Waals surface area contributed by atoms with Gasteiger partial charge in [-0.25, -0.2) is 0 Å². The Hall–Kier alpha value is -3.88. The Morgan fingerprint density at radius 1 is 1.05 bits per heavy atom. The third-order valence-corrected chi connectivity index (χ3v) is 8.00. The monoisotopic (exact) mass is 516 g/mol. The van der Waals surface area contributed by atoms with E-state index in [1.807, 2.05) is 13.8 Å². The lowest BCUT2D eigenvalue weighted by Gasteiger charge is -2.40. The second kappa shape index (κ2) is 9.78. The van der Waals surface area contributed by atoms with E-state index in [0.717, 1.165) is 72.7 Å². The van der Waals surface area contributed by atoms with Crippen molar-refractivity contribution in [3.63, 3.8) is 0 Å². The van der Waals surface area contributed by atoms with Crippen LogP contribution in [0.2, 0.25) is 0 Å². The van der Waals surface area contributed by atoms with Crippen molar-refractivity contribution in [3.05, 3.63) is 62.7 Å². The van der Waals surface area contributed by atoms with E-state index in [4.69, 9.17) is 10.7 Å². The highest BCUT2D eigenvalue weighted by Crippen LogP contribution is 2.42. The molecule has 1 saturated heterocycles. The molecule has 0 bridgehead atoms. The molecule has 0 amide bonds. The molecular weight excluding hydrogens is 480 g/mol. The van der Waals surface area contributed by atoms with E-state index in [-0.39, 0.29) is 23.3 Å². The number of carbonyl (C=O) groups is 1. The Bertz CT molecular complexity index is 1450. The molecule has 4 N–H and O–H groups in total. The van der Waals surface area contributed by atoms with Crippen LogP contribution in [0.3, 0.4) is 0 Å². The summed E-state index contributed by atoms with van der Waals surface area (Å²) in [6.07, 6.45) is 2.86. The summed E-state index contributed by atoms with van der Waals surface area (Å²) in [6.45, 7) is 11.7. The van der Waals surface area contributed by atoms with Crippen molar-refractivity contribution in [1.29, 1.82) is 0 Å². The minimum Gasteiger partial charge on any atom is -0.481 e. The minimum atomic E-state index is -0.845. The standard InChI is InChI=1S/C29H36N6O3/c1-17-22(14-25(37)38)27(34-11-8-29(3,4)9-12-34)26(18(2)31-17)20-5-6-21-16-35(10-7-19(21)13-20)23-15-24(36)33-28(30)32-23/h5-6,13,15H,7-12,14,16H2,1-4H3,(H,37,38)(H3,30,32,33,36). The molecule has 0 unspecified atom stereocenters. The van der Waals surface area contributed by atoms with Gasteiger partial charge < -0.3 is 20.6 Å². The lowest BCUT2D eigenvalue weighted by atomic mass is 9.82. The highest BCUT2D eigenvalue weighted by molar-refractivity contribution is 5.86. The first kappa shape index (κ1) is 25.8. The second-order valence-corrected chi connectivity index (χ2v) is 11.4. The van der Waals surface area contributed by atoms with Gasteiger partial charge in [0.1, 0.15) is 5.82 Å². The normalized spacial score (nSPS) is 16.8. The number of aliphatic carboxylic acids is 1. The number of fused-ring (bicyclic) bond motifs is 1. The van der Waals surface area contributed by atoms with Crippen molar-refractivity contribution in [3.8, 4) is 11.1 Å². The zero-order chi connectivity index (χ0) is 27.2. The fraction of sp³-hybridized carbons (Fsp3) is 0.448. The van der Waals surface area contributed by atoms with E-state index in [1.54, 1.807) is 0 Å². The number of hydrogen-bond donors (Lipinski definition) is 3. The minimum absolute atomic E-state index is 0.0480. The summed E-state index contributed by atoms with van der Waals surface area (Å²) in [5.41, 5.74) is 13.8. The summed E-state index contributed by atoms with van der Waals surface area (Å²) < 4.78 is 0. The molecule has 2 aromatic heterocycles. The molecule has 2 aliphatic rings. The predicted molar refractivity (Wildman–Crippen MR) is 150 cm³/mol. The maximum atomic E-state index is 11.9. The molecule has 1 fully saturated rings. The second-order valence-electron chi connectivity index (χ2n) is 11.4. The number of anilines is 3. The van der Waals surface area contributed by atoms with Crippen LogP contribution < -0.4 is 21.1 Å². The number of pyridine rings is 1. The number of piperidine rings is 1. The van der Waals surface area contributed by atoms with Crippen molar-refractivity contribution < 1.29 is 9.90 Å². The third kappa shape index (κ3) is 5.10. The van der Waals surface area contributed by atoms with E-state index in [1.165, 1.54) is 17.2 Å². The van der Waals surface area contributed by atoms with Crippen molar-refractivity contribution in [1.82, 2.24) is 15.0 Å². The fourth-order valence-electron chi connectivity index (χ4n) is 5.79. The van der Waals surface area contributed by atoms with Crippen LogP contribution in [-0.4, -0.2) is 45.7 Å². The number of rotatable bonds is 5. The summed E-state index contributed by atoms with van der Waals surface area (Å²) in [5, 5.41) is 9.75. The number of carboxylic acid groups (broad SMARTS) is 1. The van der Waals surface area contributed by atoms with E-state index in [2.05, 4.69) is 51.8 Å². The fourth-order valence-corrected chi connectivity index (χ4v) is 5.79. The molecule has 0 aliphatic carbocycles. The van der Waals surface area contributed by atoms with Crippen LogP contribution in [0, 0.1) is 19.3 Å². The number of nitrogens with one attached hydrogen (secondary N) is 1. The zero-order valence-electron chi connectivity index (χ0n) is 22.6. The van der Waals surface area contributed by atoms with Gasteiger partial charge >= 0.3 is 5.97 Å². The zero-order valence-corrected chi connectivity index (χ0v) is 22.6. The van der Waals surface area contributed by atoms with Gasteiger partial charge in [-0.2, -0.15) is 4.98 Å². The summed E-state index contributed by atoms with van der Waals surface area (Å²) >= 11 is 0. The van der Waals surface area contributed by atoms with Gasteiger partial charge in [-0.05, 0) is 55.2 Å². The average molecular weight is 517 g/mol. The molecular formula is C29H36N6O3. The maximum absolute atomic E-state index is 11.9. The van der Waals surface area contributed by atoms with E-state index >= 15 is 0 Å². The Morgan fingerprint density at radius 2 is 1.79 bits per heavy atom. The van der Waals surface area contributed by atoms with Crippen LogP contribution in [0.4, 0.5) is 17.5 Å². The molecule has 0 saturated carbocycles. The van der Waals surface area contributed by atoms with Gasteiger partial charge in [0.2, 0.25) is 5.95 Å². The van der Waals surface area contributed by atoms with Gasteiger partial charge in [0.15, 0.2) is 0 Å². The van der Waals surface area contributed by atoms with Gasteiger partial charge in [0.25, 0.3) is 5.56 Å². The molecule has 38 heavy (non-hydrogen) atoms. The Balaban J connectivity index is 1.55. The molecule has 4 heterocycles. The summed E-state index contributed by atoms with van der Waals surface area (Å²) in [4.78, 5) is 39.9. The quantitative estimate of drug-likeness (QED) is 0.467. The molecule has 3 aromatic rings. The largest absolute Gasteiger partial charge is 0.481 e. The molecule has 2 aliphatic heterocycles. The first-order chi connectivity index (χ1) is 18.0. The van der Waals surface area contributed by atoms with Gasteiger partial charge in [-0.15, -0.1) is 0 Å². The topological polar surface area (TPSA) is 128 Å². The average Bonchev–Trinajstić information content (AvgIpc) is 2.84. The Labute approximate surface area is 222 Å². The van der Waals surface area contributed by atoms with Crippen molar-refractivity contribution in [2.45, 2.75) is 59.9 Å². The molecule has 0 atom stereocenters. The van der Waals surface area contributed by atoms with Crippen LogP contribution in [-0.2, 0) is 24.2 Å². The Morgan fingerprint density at radius 3 is 2.47 bits per heavy atom. The smallest absolute Gasteiger partial charge is 0.307 e. The van der Waals surface area contributed by atoms with Crippen LogP contribution in [0.5, 0.6) is 0 Å². The molecule has 200 valence electrons. The van der Waals surface area contributed by atoms with Crippen LogP contribution in [0.1, 0.15) is 54.8 Å². The van der Waals surface area contributed by atoms with E-state index < -0.39 is 5.97 Å². The predicted octanol–water partition coefficient (Wildman–Crippen LogP) is 3.85. The lowest BCUT2D eigenvalue weighted by Crippen LogP contribution is -2.38. The number of nitrogen functional groups attached to an aromatic ring is 1. The van der Waals surface area contributed by atoms with Crippen molar-refractivity contribution in [2.75, 3.05) is 35.2 Å². The summed E-state index contributed by atoms with van der Waals surface area (Å²) in [7, 11) is 0. The number of H-pyrrole nitrogens is 1. The third-order valence-electron chi connectivity index (χ3n) is 8.00. The van der Waals surface area contributed by atoms with E-state index in [0.29, 0.717) is 12.4 Å². The molecule has 9 heteroatoms. The molecule has 0 radical (unpaired) electrons. The van der Waals surface area contributed by atoms with Gasteiger partial charge in [-0.3, -0.25) is 19.6 Å². The van der Waals surface area contributed by atoms with Crippen LogP contribution in [0.25, 0.3) is 11.1 Å². The van der Waals surface area contributed by atoms with Crippen molar-refractivity contribution in [2.24, 2.45) is 5.41 Å². The molecule has 5 rings (SSSR count). The highest BCUT2D eigenvalue weighted by atomic mass is 16.4. The Kier molecular flexibility index (Phi) is 6.63. The summed E-state index contributed by atoms with van der Waals surface area (Å²) in [6, 6.07) is 7.95. The first-order valence-corrected chi connectivity index (χ1v) is 13.2. The van der Waals surface area contributed by atoms with Gasteiger partial charge in [0.05, 0.1) is 12.1 Å². The van der Waals surface area contributed by atoms with Crippen LogP contribution >= 0.6 is 0 Å².